The molecule has 0 atom stereocenters. The fraction of sp³-hybridized carbons (Fsp3) is 0.318. The number of alkyl halides is 2. The number of hydrogen-bond acceptors (Lipinski definition) is 5. The molecule has 0 aromatic heterocycles. The lowest BCUT2D eigenvalue weighted by molar-refractivity contribution is -0.131. The maximum atomic E-state index is 14.5. The van der Waals surface area contributed by atoms with Gasteiger partial charge in [0, 0.05) is 18.7 Å². The summed E-state index contributed by atoms with van der Waals surface area (Å²) in [5.74, 6) is -3.13. The molecule has 1 saturated heterocycles. The highest BCUT2D eigenvalue weighted by atomic mass is 32.2. The predicted octanol–water partition coefficient (Wildman–Crippen LogP) is 2.25. The second-order valence-corrected chi connectivity index (χ2v) is 9.90. The van der Waals surface area contributed by atoms with E-state index in [0.29, 0.717) is 5.56 Å². The van der Waals surface area contributed by atoms with Gasteiger partial charge in [0.25, 0.3) is 5.91 Å². The average Bonchev–Trinajstić information content (AvgIpc) is 2.81. The van der Waals surface area contributed by atoms with Crippen molar-refractivity contribution in [3.63, 3.8) is 0 Å². The van der Waals surface area contributed by atoms with E-state index in [0.717, 1.165) is 0 Å². The van der Waals surface area contributed by atoms with Crippen molar-refractivity contribution in [2.45, 2.75) is 13.0 Å². The lowest BCUT2D eigenvalue weighted by Crippen LogP contribution is -2.50. The van der Waals surface area contributed by atoms with Crippen LogP contribution in [0.4, 0.5) is 23.7 Å². The first kappa shape index (κ1) is 25.2. The van der Waals surface area contributed by atoms with Crippen molar-refractivity contribution in [3.8, 4) is 0 Å². The van der Waals surface area contributed by atoms with Gasteiger partial charge in [-0.1, -0.05) is 36.4 Å². The van der Waals surface area contributed by atoms with E-state index in [1.54, 1.807) is 6.07 Å². The highest BCUT2D eigenvalue weighted by molar-refractivity contribution is 7.91. The number of carbonyl (C=O) groups is 3. The van der Waals surface area contributed by atoms with Crippen LogP contribution in [0.15, 0.2) is 48.5 Å². The van der Waals surface area contributed by atoms with E-state index in [4.69, 9.17) is 0 Å². The third-order valence-electron chi connectivity index (χ3n) is 5.23. The molecule has 0 spiro atoms. The van der Waals surface area contributed by atoms with Crippen LogP contribution in [0.5, 0.6) is 0 Å². The fourth-order valence-corrected chi connectivity index (χ4v) is 4.53. The van der Waals surface area contributed by atoms with E-state index >= 15 is 0 Å². The summed E-state index contributed by atoms with van der Waals surface area (Å²) in [7, 11) is -3.22. The van der Waals surface area contributed by atoms with Gasteiger partial charge < -0.3 is 10.2 Å². The summed E-state index contributed by atoms with van der Waals surface area (Å²) in [5, 5.41) is 1.83. The molecule has 12 heteroatoms. The Hall–Kier alpha value is -3.41. The minimum absolute atomic E-state index is 0.01000. The van der Waals surface area contributed by atoms with Crippen LogP contribution in [-0.4, -0.2) is 68.6 Å². The van der Waals surface area contributed by atoms with Crippen molar-refractivity contribution in [1.29, 1.82) is 0 Å². The summed E-state index contributed by atoms with van der Waals surface area (Å²) < 4.78 is 62.4. The van der Waals surface area contributed by atoms with Crippen molar-refractivity contribution in [1.82, 2.24) is 10.2 Å². The normalized spacial score (nSPS) is 15.1. The number of hydrogen-bond donors (Lipinski definition) is 1. The Bertz CT molecular complexity index is 1160. The average molecular weight is 497 g/mol. The van der Waals surface area contributed by atoms with E-state index in [-0.39, 0.29) is 42.4 Å². The summed E-state index contributed by atoms with van der Waals surface area (Å²) in [6.45, 7) is -0.687. The van der Waals surface area contributed by atoms with Gasteiger partial charge in [0.1, 0.15) is 5.82 Å². The molecule has 0 saturated carbocycles. The van der Waals surface area contributed by atoms with E-state index in [1.807, 2.05) is 5.32 Å². The standard InChI is InChI=1S/C22H22F3N3O5S/c23-17-3-1-2-4-18(17)28(22(31)27-9-11-34(32,33)12-10-27)14-15-5-7-16(8-6-15)19(29)13-26-21(30)20(24)25/h1-8,20H,9-14H2,(H,26,30). The van der Waals surface area contributed by atoms with Crippen LogP contribution in [0.3, 0.4) is 0 Å². The fourth-order valence-electron chi connectivity index (χ4n) is 3.33. The monoisotopic (exact) mass is 497 g/mol. The number of amides is 3. The molecule has 0 bridgehead atoms. The second-order valence-electron chi connectivity index (χ2n) is 7.60. The first-order valence-corrected chi connectivity index (χ1v) is 12.1. The smallest absolute Gasteiger partial charge is 0.324 e. The van der Waals surface area contributed by atoms with Crippen LogP contribution in [0, 0.1) is 5.82 Å². The number of nitrogens with one attached hydrogen (secondary N) is 1. The van der Waals surface area contributed by atoms with E-state index < -0.39 is 46.3 Å². The Labute approximate surface area is 194 Å². The minimum atomic E-state index is -3.22. The third-order valence-corrected chi connectivity index (χ3v) is 6.84. The van der Waals surface area contributed by atoms with Crippen LogP contribution < -0.4 is 10.2 Å². The molecular formula is C22H22F3N3O5S. The SMILES string of the molecule is O=C(CNC(=O)C(F)F)c1ccc(CN(C(=O)N2CCS(=O)(=O)CC2)c2ccccc2F)cc1. The molecular weight excluding hydrogens is 475 g/mol. The van der Waals surface area contributed by atoms with Crippen molar-refractivity contribution in [2.75, 3.05) is 36.0 Å². The van der Waals surface area contributed by atoms with Crippen LogP contribution in [0.2, 0.25) is 0 Å². The Morgan fingerprint density at radius 3 is 2.21 bits per heavy atom. The number of rotatable bonds is 7. The molecule has 1 N–H and O–H groups in total. The molecule has 0 aliphatic carbocycles. The van der Waals surface area contributed by atoms with Crippen LogP contribution in [0.25, 0.3) is 0 Å². The second kappa shape index (κ2) is 10.7. The number of urea groups is 1. The number of nitrogens with zero attached hydrogens (tertiary/aromatic N) is 2. The van der Waals surface area contributed by atoms with Gasteiger partial charge in [0.15, 0.2) is 15.6 Å². The van der Waals surface area contributed by atoms with Gasteiger partial charge in [0.2, 0.25) is 0 Å². The molecule has 0 radical (unpaired) electrons. The molecule has 1 aliphatic rings. The van der Waals surface area contributed by atoms with Crippen molar-refractivity contribution >= 4 is 33.2 Å². The van der Waals surface area contributed by atoms with Crippen LogP contribution >= 0.6 is 0 Å². The van der Waals surface area contributed by atoms with Crippen molar-refractivity contribution in [2.24, 2.45) is 0 Å². The Morgan fingerprint density at radius 1 is 1.00 bits per heavy atom. The number of sulfone groups is 1. The van der Waals surface area contributed by atoms with Gasteiger partial charge in [0.05, 0.1) is 30.3 Å². The molecule has 2 aromatic carbocycles. The maximum Gasteiger partial charge on any atom is 0.324 e. The topological polar surface area (TPSA) is 104 Å². The van der Waals surface area contributed by atoms with Crippen LogP contribution in [0.1, 0.15) is 15.9 Å². The van der Waals surface area contributed by atoms with Crippen molar-refractivity contribution in [3.05, 3.63) is 65.5 Å². The Morgan fingerprint density at radius 2 is 1.62 bits per heavy atom. The quantitative estimate of drug-likeness (QED) is 0.591. The van der Waals surface area contributed by atoms with E-state index in [2.05, 4.69) is 0 Å². The number of ketones is 1. The van der Waals surface area contributed by atoms with Gasteiger partial charge in [-0.2, -0.15) is 8.78 Å². The lowest BCUT2D eigenvalue weighted by Gasteiger charge is -2.33. The molecule has 1 aliphatic heterocycles. The highest BCUT2D eigenvalue weighted by Crippen LogP contribution is 2.23. The first-order chi connectivity index (χ1) is 16.1. The molecule has 1 heterocycles. The lowest BCUT2D eigenvalue weighted by atomic mass is 10.1. The van der Waals surface area contributed by atoms with Crippen LogP contribution in [-0.2, 0) is 21.2 Å². The number of carbonyl (C=O) groups excluding carboxylic acids is 3. The summed E-state index contributed by atoms with van der Waals surface area (Å²) in [6, 6.07) is 11.0. The highest BCUT2D eigenvalue weighted by Gasteiger charge is 2.30. The molecule has 34 heavy (non-hydrogen) atoms. The van der Waals surface area contributed by atoms with E-state index in [1.165, 1.54) is 52.3 Å². The van der Waals surface area contributed by atoms with Gasteiger partial charge in [-0.15, -0.1) is 0 Å². The van der Waals surface area contributed by atoms with Gasteiger partial charge in [-0.05, 0) is 17.7 Å². The minimum Gasteiger partial charge on any atom is -0.344 e. The molecule has 3 amide bonds. The third kappa shape index (κ3) is 6.34. The molecule has 8 nitrogen and oxygen atoms in total. The molecule has 182 valence electrons. The Kier molecular flexibility index (Phi) is 7.92. The summed E-state index contributed by atoms with van der Waals surface area (Å²) in [5.41, 5.74) is 0.702. The predicted molar refractivity (Wildman–Crippen MR) is 118 cm³/mol. The number of halogens is 3. The zero-order valence-electron chi connectivity index (χ0n) is 17.9. The maximum absolute atomic E-state index is 14.5. The summed E-state index contributed by atoms with van der Waals surface area (Å²) >= 11 is 0. The summed E-state index contributed by atoms with van der Waals surface area (Å²) in [4.78, 5) is 38.7. The molecule has 0 unspecified atom stereocenters. The molecule has 1 fully saturated rings. The largest absolute Gasteiger partial charge is 0.344 e. The number of benzene rings is 2. The summed E-state index contributed by atoms with van der Waals surface area (Å²) in [6.07, 6.45) is -3.22. The zero-order chi connectivity index (χ0) is 24.9. The molecule has 2 aromatic rings. The first-order valence-electron chi connectivity index (χ1n) is 10.3. The number of anilines is 1. The Balaban J connectivity index is 1.76. The van der Waals surface area contributed by atoms with Gasteiger partial charge in [-0.3, -0.25) is 14.5 Å². The van der Waals surface area contributed by atoms with Gasteiger partial charge >= 0.3 is 12.5 Å². The van der Waals surface area contributed by atoms with Gasteiger partial charge in [-0.25, -0.2) is 17.6 Å². The molecule has 3 rings (SSSR count). The number of para-hydroxylation sites is 1. The zero-order valence-corrected chi connectivity index (χ0v) is 18.7. The van der Waals surface area contributed by atoms with Crippen molar-refractivity contribution < 1.29 is 36.0 Å². The number of Topliss-reactive ketones (excluding diaryl/α,β-unsaturated/α-hetero) is 1. The van der Waals surface area contributed by atoms with E-state index in [9.17, 15) is 36.0 Å².